The van der Waals surface area contributed by atoms with Gasteiger partial charge in [-0.15, -0.1) is 0 Å². The number of ether oxygens (including phenoxy) is 1. The monoisotopic (exact) mass is 453 g/mol. The molecule has 2 aromatic heterocycles. The molecule has 3 heterocycles. The maximum atomic E-state index is 12.5. The van der Waals surface area contributed by atoms with Crippen molar-refractivity contribution in [3.8, 4) is 5.88 Å². The Morgan fingerprint density at radius 3 is 2.67 bits per heavy atom. The Bertz CT molecular complexity index is 953. The van der Waals surface area contributed by atoms with E-state index >= 15 is 0 Å². The van der Waals surface area contributed by atoms with Crippen LogP contribution in [0.15, 0.2) is 35.7 Å². The normalized spacial score (nSPS) is 17.3. The lowest BCUT2D eigenvalue weighted by molar-refractivity contribution is 0.201. The molecule has 2 aromatic rings. The molecule has 2 fully saturated rings. The smallest absolute Gasteiger partial charge is 0.319 e. The number of hydrogen-bond acceptors (Lipinski definition) is 8. The number of nitrogens with one attached hydrogen (secondary N) is 2. The Labute approximate surface area is 193 Å². The summed E-state index contributed by atoms with van der Waals surface area (Å²) in [7, 11) is 1.49. The second-order valence-electron chi connectivity index (χ2n) is 8.32. The Hall–Kier alpha value is -3.56. The molecule has 10 nitrogen and oxygen atoms in total. The van der Waals surface area contributed by atoms with Gasteiger partial charge >= 0.3 is 6.03 Å². The quantitative estimate of drug-likeness (QED) is 0.434. The largest absolute Gasteiger partial charge is 0.474 e. The molecule has 1 saturated heterocycles. The van der Waals surface area contributed by atoms with Crippen molar-refractivity contribution in [1.29, 1.82) is 0 Å². The van der Waals surface area contributed by atoms with Crippen LogP contribution < -0.4 is 26.0 Å². The number of nitrogens with zero attached hydrogens (tertiary/aromatic N) is 4. The molecule has 1 aliphatic heterocycles. The van der Waals surface area contributed by atoms with E-state index in [9.17, 15) is 4.79 Å². The molecule has 2 aliphatic rings. The average molecular weight is 454 g/mol. The highest BCUT2D eigenvalue weighted by molar-refractivity contribution is 5.93. The maximum absolute atomic E-state index is 12.5. The first-order chi connectivity index (χ1) is 16.1. The number of rotatable bonds is 7. The van der Waals surface area contributed by atoms with Gasteiger partial charge in [-0.2, -0.15) is 0 Å². The lowest BCUT2D eigenvalue weighted by Crippen LogP contribution is -2.46. The molecule has 0 bridgehead atoms. The molecule has 0 aromatic carbocycles. The van der Waals surface area contributed by atoms with Gasteiger partial charge in [-0.25, -0.2) is 14.8 Å². The molecule has 1 aliphatic carbocycles. The first-order valence-corrected chi connectivity index (χ1v) is 11.4. The molecule has 0 unspecified atom stereocenters. The van der Waals surface area contributed by atoms with Gasteiger partial charge in [0.05, 0.1) is 29.3 Å². The van der Waals surface area contributed by atoms with Crippen LogP contribution in [0.3, 0.4) is 0 Å². The number of carbonyl (C=O) groups excluding carboxylic acids is 1. The van der Waals surface area contributed by atoms with Crippen molar-refractivity contribution in [3.05, 3.63) is 36.2 Å². The van der Waals surface area contributed by atoms with E-state index in [1.165, 1.54) is 20.0 Å². The Balaban J connectivity index is 1.26. The van der Waals surface area contributed by atoms with Crippen LogP contribution in [0.4, 0.5) is 22.0 Å². The van der Waals surface area contributed by atoms with E-state index in [0.717, 1.165) is 50.0 Å². The molecule has 4 N–H and O–H groups in total. The number of piperidine rings is 1. The van der Waals surface area contributed by atoms with Gasteiger partial charge < -0.3 is 30.8 Å². The zero-order valence-electron chi connectivity index (χ0n) is 18.9. The summed E-state index contributed by atoms with van der Waals surface area (Å²) >= 11 is 0. The molecule has 2 amide bonds. The minimum Gasteiger partial charge on any atom is -0.474 e. The van der Waals surface area contributed by atoms with Crippen molar-refractivity contribution in [1.82, 2.24) is 15.3 Å². The second-order valence-corrected chi connectivity index (χ2v) is 8.32. The van der Waals surface area contributed by atoms with Gasteiger partial charge in [0.25, 0.3) is 0 Å². The predicted molar refractivity (Wildman–Crippen MR) is 128 cm³/mol. The van der Waals surface area contributed by atoms with Crippen LogP contribution in [0.5, 0.6) is 5.88 Å². The number of pyridine rings is 2. The highest BCUT2D eigenvalue weighted by atomic mass is 16.6. The Kier molecular flexibility index (Phi) is 7.43. The Morgan fingerprint density at radius 2 is 1.97 bits per heavy atom. The molecule has 0 spiro atoms. The number of nitrogens with two attached hydrogens (primary N) is 1. The fourth-order valence-electron chi connectivity index (χ4n) is 4.31. The minimum atomic E-state index is -0.235. The number of hydrogen-bond donors (Lipinski definition) is 3. The molecule has 0 atom stereocenters. The lowest BCUT2D eigenvalue weighted by Gasteiger charge is -2.34. The summed E-state index contributed by atoms with van der Waals surface area (Å²) in [5.41, 5.74) is 8.35. The topological polar surface area (TPSA) is 127 Å². The molecule has 4 rings (SSSR count). The van der Waals surface area contributed by atoms with Crippen LogP contribution in [-0.2, 0) is 4.84 Å². The first kappa shape index (κ1) is 22.6. The Morgan fingerprint density at radius 1 is 1.18 bits per heavy atom. The standard InChI is InChI=1S/C23H31N7O3/c1-32-27-15-19-20(8-11-25-22(19)24)30-12-9-16(10-13-30)28-23(31)29-17-6-7-21(26-14-17)33-18-4-2-3-5-18/h6-8,11,14-16,18H,2-5,9-10,12-13H2,1H3,(H2,24,25)(H2,28,29,31)/b27-15+. The van der Waals surface area contributed by atoms with Crippen LogP contribution in [-0.4, -0.2) is 54.6 Å². The SMILES string of the molecule is CO/N=C/c1c(N2CCC(NC(=O)Nc3ccc(OC4CCCC4)nc3)CC2)ccnc1N. The summed E-state index contributed by atoms with van der Waals surface area (Å²) in [6, 6.07) is 5.38. The molecule has 0 radical (unpaired) electrons. The molecule has 176 valence electrons. The highest BCUT2D eigenvalue weighted by Crippen LogP contribution is 2.26. The van der Waals surface area contributed by atoms with E-state index < -0.39 is 0 Å². The lowest BCUT2D eigenvalue weighted by atomic mass is 10.0. The third-order valence-corrected chi connectivity index (χ3v) is 6.04. The summed E-state index contributed by atoms with van der Waals surface area (Å²) in [4.78, 5) is 27.9. The van der Waals surface area contributed by atoms with Crippen molar-refractivity contribution in [3.63, 3.8) is 0 Å². The van der Waals surface area contributed by atoms with E-state index in [1.54, 1.807) is 24.7 Å². The number of aromatic nitrogens is 2. The van der Waals surface area contributed by atoms with Crippen molar-refractivity contribution < 1.29 is 14.4 Å². The number of urea groups is 1. The van der Waals surface area contributed by atoms with E-state index in [1.807, 2.05) is 12.1 Å². The van der Waals surface area contributed by atoms with Crippen LogP contribution in [0.1, 0.15) is 44.1 Å². The summed E-state index contributed by atoms with van der Waals surface area (Å²) in [6.45, 7) is 1.55. The third kappa shape index (κ3) is 6.03. The van der Waals surface area contributed by atoms with Crippen LogP contribution in [0.25, 0.3) is 0 Å². The van der Waals surface area contributed by atoms with Crippen LogP contribution in [0, 0.1) is 0 Å². The predicted octanol–water partition coefficient (Wildman–Crippen LogP) is 3.15. The minimum absolute atomic E-state index is 0.0782. The second kappa shape index (κ2) is 10.8. The number of carbonyl (C=O) groups is 1. The van der Waals surface area contributed by atoms with Gasteiger partial charge in [-0.1, -0.05) is 5.16 Å². The zero-order chi connectivity index (χ0) is 23.0. The molecule has 33 heavy (non-hydrogen) atoms. The number of anilines is 3. The van der Waals surface area contributed by atoms with Gasteiger partial charge in [0.15, 0.2) is 0 Å². The van der Waals surface area contributed by atoms with Crippen LogP contribution in [0.2, 0.25) is 0 Å². The van der Waals surface area contributed by atoms with E-state index in [2.05, 4.69) is 30.7 Å². The number of oxime groups is 1. The first-order valence-electron chi connectivity index (χ1n) is 11.4. The van der Waals surface area contributed by atoms with Crippen molar-refractivity contribution in [2.45, 2.75) is 50.7 Å². The highest BCUT2D eigenvalue weighted by Gasteiger charge is 2.23. The van der Waals surface area contributed by atoms with Gasteiger partial charge in [-0.05, 0) is 50.7 Å². The molecular formula is C23H31N7O3. The van der Waals surface area contributed by atoms with Crippen LogP contribution >= 0.6 is 0 Å². The summed E-state index contributed by atoms with van der Waals surface area (Å²) in [5, 5.41) is 9.74. The number of nitrogen functional groups attached to an aromatic ring is 1. The van der Waals surface area contributed by atoms with Crippen molar-refractivity contribution >= 4 is 29.4 Å². The fraction of sp³-hybridized carbons (Fsp3) is 0.478. The maximum Gasteiger partial charge on any atom is 0.319 e. The molecule has 10 heteroatoms. The van der Waals surface area contributed by atoms with Gasteiger partial charge in [0, 0.05) is 31.4 Å². The summed E-state index contributed by atoms with van der Waals surface area (Å²) < 4.78 is 5.87. The van der Waals surface area contributed by atoms with E-state index in [-0.39, 0.29) is 18.2 Å². The summed E-state index contributed by atoms with van der Waals surface area (Å²) in [5.74, 6) is 1.01. The average Bonchev–Trinajstić information content (AvgIpc) is 3.33. The fourth-order valence-corrected chi connectivity index (χ4v) is 4.31. The van der Waals surface area contributed by atoms with Crippen molar-refractivity contribution in [2.75, 3.05) is 36.1 Å². The third-order valence-electron chi connectivity index (χ3n) is 6.04. The van der Waals surface area contributed by atoms with E-state index in [0.29, 0.717) is 17.4 Å². The van der Waals surface area contributed by atoms with Gasteiger partial charge in [0.2, 0.25) is 5.88 Å². The number of amides is 2. The molecule has 1 saturated carbocycles. The zero-order valence-corrected chi connectivity index (χ0v) is 18.9. The van der Waals surface area contributed by atoms with E-state index in [4.69, 9.17) is 15.3 Å². The van der Waals surface area contributed by atoms with Gasteiger partial charge in [0.1, 0.15) is 19.0 Å². The summed E-state index contributed by atoms with van der Waals surface area (Å²) in [6.07, 6.45) is 11.4. The van der Waals surface area contributed by atoms with Gasteiger partial charge in [-0.3, -0.25) is 0 Å². The van der Waals surface area contributed by atoms with Crippen molar-refractivity contribution in [2.24, 2.45) is 5.16 Å². The molecular weight excluding hydrogens is 422 g/mol.